The molecule has 0 fully saturated rings. The highest BCUT2D eigenvalue weighted by Gasteiger charge is 2.44. The van der Waals surface area contributed by atoms with Crippen LogP contribution in [0.2, 0.25) is 0 Å². The highest BCUT2D eigenvalue weighted by molar-refractivity contribution is 6.08. The molecule has 4 nitrogen and oxygen atoms in total. The maximum Gasteiger partial charge on any atom is 0.232 e. The van der Waals surface area contributed by atoms with Crippen molar-refractivity contribution in [2.45, 2.75) is 52.9 Å². The summed E-state index contributed by atoms with van der Waals surface area (Å²) in [5.41, 5.74) is 5.52. The molecule has 0 radical (unpaired) electrons. The summed E-state index contributed by atoms with van der Waals surface area (Å²) in [6, 6.07) is 13.8. The van der Waals surface area contributed by atoms with Gasteiger partial charge in [-0.1, -0.05) is 38.1 Å². The molecule has 2 aromatic rings. The molecule has 0 aromatic heterocycles. The lowest BCUT2D eigenvalue weighted by Crippen LogP contribution is -2.43. The molecule has 1 aliphatic carbocycles. The highest BCUT2D eigenvalue weighted by Crippen LogP contribution is 2.49. The van der Waals surface area contributed by atoms with Gasteiger partial charge in [0.05, 0.1) is 7.11 Å². The van der Waals surface area contributed by atoms with Crippen LogP contribution in [0, 0.1) is 19.3 Å². The zero-order chi connectivity index (χ0) is 21.6. The van der Waals surface area contributed by atoms with Crippen LogP contribution < -0.4 is 9.64 Å². The molecule has 156 valence electrons. The Kier molecular flexibility index (Phi) is 5.05. The Hall–Kier alpha value is -2.88. The minimum atomic E-state index is -0.268. The molecule has 4 rings (SSSR count). The molecular weight excluding hydrogens is 374 g/mol. The number of allylic oxidation sites excluding steroid dienone is 2. The van der Waals surface area contributed by atoms with Gasteiger partial charge < -0.3 is 4.74 Å². The monoisotopic (exact) mass is 403 g/mol. The number of ketones is 1. The van der Waals surface area contributed by atoms with Crippen LogP contribution in [0.15, 0.2) is 53.7 Å². The Morgan fingerprint density at radius 3 is 2.43 bits per heavy atom. The maximum atomic E-state index is 13.5. The van der Waals surface area contributed by atoms with Crippen molar-refractivity contribution in [1.29, 1.82) is 0 Å². The van der Waals surface area contributed by atoms with Crippen molar-refractivity contribution in [2.24, 2.45) is 5.41 Å². The number of para-hydroxylation sites is 1. The number of hydrogen-bond donors (Lipinski definition) is 0. The van der Waals surface area contributed by atoms with E-state index in [2.05, 4.69) is 27.7 Å². The molecule has 2 aliphatic rings. The normalized spacial score (nSPS) is 21.0. The molecular formula is C26H29NO3. The summed E-state index contributed by atoms with van der Waals surface area (Å²) >= 11 is 0. The smallest absolute Gasteiger partial charge is 0.232 e. The number of benzene rings is 2. The maximum absolute atomic E-state index is 13.5. The van der Waals surface area contributed by atoms with Crippen molar-refractivity contribution in [2.75, 3.05) is 12.0 Å². The van der Waals surface area contributed by atoms with E-state index in [0.29, 0.717) is 12.8 Å². The number of carbonyl (C=O) groups is 2. The number of anilines is 1. The Morgan fingerprint density at radius 1 is 1.00 bits per heavy atom. The number of methoxy groups -OCH3 is 1. The molecule has 2 aromatic carbocycles. The van der Waals surface area contributed by atoms with Crippen molar-refractivity contribution in [3.63, 3.8) is 0 Å². The molecule has 0 saturated heterocycles. The summed E-state index contributed by atoms with van der Waals surface area (Å²) in [5, 5.41) is 0. The van der Waals surface area contributed by atoms with E-state index in [1.165, 1.54) is 5.56 Å². The average molecular weight is 404 g/mol. The standard InChI is InChI=1S/C26H29NO3/c1-16-10-11-18(12-17(16)2)27-21-14-26(3,4)15-22(28)25(21)20(13-24(27)29)19-8-6-7-9-23(19)30-5/h6-12,20H,13-15H2,1-5H3. The number of amides is 1. The molecule has 1 amide bonds. The van der Waals surface area contributed by atoms with Crippen LogP contribution in [-0.2, 0) is 9.59 Å². The minimum Gasteiger partial charge on any atom is -0.496 e. The van der Waals surface area contributed by atoms with Gasteiger partial charge in [-0.2, -0.15) is 0 Å². The summed E-state index contributed by atoms with van der Waals surface area (Å²) in [6.45, 7) is 8.32. The quantitative estimate of drug-likeness (QED) is 0.682. The van der Waals surface area contributed by atoms with Gasteiger partial charge in [0.1, 0.15) is 5.75 Å². The van der Waals surface area contributed by atoms with Crippen molar-refractivity contribution >= 4 is 17.4 Å². The zero-order valence-electron chi connectivity index (χ0n) is 18.4. The summed E-state index contributed by atoms with van der Waals surface area (Å²) in [6.07, 6.45) is 1.45. The SMILES string of the molecule is COc1ccccc1C1CC(=O)N(c2ccc(C)c(C)c2)C2=C1C(=O)CC(C)(C)C2. The van der Waals surface area contributed by atoms with Gasteiger partial charge in [-0.05, 0) is 55.0 Å². The van der Waals surface area contributed by atoms with E-state index in [1.807, 2.05) is 42.5 Å². The first-order chi connectivity index (χ1) is 14.2. The summed E-state index contributed by atoms with van der Waals surface area (Å²) in [7, 11) is 1.63. The first-order valence-corrected chi connectivity index (χ1v) is 10.5. The molecule has 1 heterocycles. The fraction of sp³-hybridized carbons (Fsp3) is 0.385. The van der Waals surface area contributed by atoms with Gasteiger partial charge in [-0.15, -0.1) is 0 Å². The van der Waals surface area contributed by atoms with E-state index >= 15 is 0 Å². The van der Waals surface area contributed by atoms with Gasteiger partial charge in [-0.25, -0.2) is 0 Å². The first-order valence-electron chi connectivity index (χ1n) is 10.5. The van der Waals surface area contributed by atoms with Crippen LogP contribution in [0.3, 0.4) is 0 Å². The number of Topliss-reactive ketones (excluding diaryl/α,β-unsaturated/α-hetero) is 1. The number of carbonyl (C=O) groups excluding carboxylic acids is 2. The van der Waals surface area contributed by atoms with E-state index in [9.17, 15) is 9.59 Å². The molecule has 1 aliphatic heterocycles. The van der Waals surface area contributed by atoms with Gasteiger partial charge >= 0.3 is 0 Å². The summed E-state index contributed by atoms with van der Waals surface area (Å²) in [5.74, 6) is 0.617. The van der Waals surface area contributed by atoms with E-state index in [1.54, 1.807) is 12.0 Å². The van der Waals surface area contributed by atoms with E-state index in [0.717, 1.165) is 33.8 Å². The van der Waals surface area contributed by atoms with Gasteiger partial charge in [0.25, 0.3) is 0 Å². The Balaban J connectivity index is 1.92. The number of hydrogen-bond acceptors (Lipinski definition) is 3. The van der Waals surface area contributed by atoms with Gasteiger partial charge in [0, 0.05) is 41.3 Å². The molecule has 1 atom stereocenters. The lowest BCUT2D eigenvalue weighted by molar-refractivity contribution is -0.121. The van der Waals surface area contributed by atoms with Gasteiger partial charge in [-0.3, -0.25) is 14.5 Å². The molecule has 0 saturated carbocycles. The van der Waals surface area contributed by atoms with Crippen LogP contribution in [0.5, 0.6) is 5.75 Å². The Morgan fingerprint density at radius 2 is 1.73 bits per heavy atom. The predicted octanol–water partition coefficient (Wildman–Crippen LogP) is 5.48. The second-order valence-electron chi connectivity index (χ2n) is 9.30. The lowest BCUT2D eigenvalue weighted by atomic mass is 9.69. The van der Waals surface area contributed by atoms with Gasteiger partial charge in [0.2, 0.25) is 5.91 Å². The Labute approximate surface area is 178 Å². The van der Waals surface area contributed by atoms with Crippen LogP contribution in [-0.4, -0.2) is 18.8 Å². The van der Waals surface area contributed by atoms with E-state index in [-0.39, 0.29) is 29.4 Å². The fourth-order valence-electron chi connectivity index (χ4n) is 4.80. The second-order valence-corrected chi connectivity index (χ2v) is 9.30. The minimum absolute atomic E-state index is 0.0263. The molecule has 4 heteroatoms. The lowest BCUT2D eigenvalue weighted by Gasteiger charge is -2.43. The average Bonchev–Trinajstić information content (AvgIpc) is 2.68. The van der Waals surface area contributed by atoms with Crippen molar-refractivity contribution in [3.05, 3.63) is 70.4 Å². The predicted molar refractivity (Wildman–Crippen MR) is 119 cm³/mol. The number of aryl methyl sites for hydroxylation is 2. The molecule has 0 N–H and O–H groups in total. The second kappa shape index (κ2) is 7.42. The van der Waals surface area contributed by atoms with Crippen LogP contribution in [0.4, 0.5) is 5.69 Å². The van der Waals surface area contributed by atoms with Crippen LogP contribution >= 0.6 is 0 Å². The molecule has 0 bridgehead atoms. The third-order valence-corrected chi connectivity index (χ3v) is 6.41. The topological polar surface area (TPSA) is 46.6 Å². The zero-order valence-corrected chi connectivity index (χ0v) is 18.4. The summed E-state index contributed by atoms with van der Waals surface area (Å²) in [4.78, 5) is 28.7. The summed E-state index contributed by atoms with van der Waals surface area (Å²) < 4.78 is 5.57. The van der Waals surface area contributed by atoms with Crippen molar-refractivity contribution in [3.8, 4) is 5.75 Å². The van der Waals surface area contributed by atoms with Crippen molar-refractivity contribution in [1.82, 2.24) is 0 Å². The fourth-order valence-corrected chi connectivity index (χ4v) is 4.80. The van der Waals surface area contributed by atoms with Crippen LogP contribution in [0.1, 0.15) is 55.7 Å². The molecule has 1 unspecified atom stereocenters. The third-order valence-electron chi connectivity index (χ3n) is 6.41. The van der Waals surface area contributed by atoms with Gasteiger partial charge in [0.15, 0.2) is 5.78 Å². The number of rotatable bonds is 3. The van der Waals surface area contributed by atoms with Crippen LogP contribution in [0.25, 0.3) is 0 Å². The highest BCUT2D eigenvalue weighted by atomic mass is 16.5. The Bertz CT molecular complexity index is 1060. The third kappa shape index (κ3) is 3.45. The first kappa shape index (κ1) is 20.4. The number of nitrogens with zero attached hydrogens (tertiary/aromatic N) is 1. The molecule has 0 spiro atoms. The van der Waals surface area contributed by atoms with E-state index in [4.69, 9.17) is 4.74 Å². The largest absolute Gasteiger partial charge is 0.496 e. The van der Waals surface area contributed by atoms with Crippen molar-refractivity contribution < 1.29 is 14.3 Å². The molecule has 30 heavy (non-hydrogen) atoms. The van der Waals surface area contributed by atoms with E-state index < -0.39 is 0 Å². The number of ether oxygens (including phenoxy) is 1.